The lowest BCUT2D eigenvalue weighted by Gasteiger charge is -2.28. The van der Waals surface area contributed by atoms with Gasteiger partial charge in [-0.25, -0.2) is 4.98 Å². The van der Waals surface area contributed by atoms with Crippen molar-refractivity contribution >= 4 is 5.95 Å². The molecule has 0 saturated carbocycles. The molecule has 1 fully saturated rings. The molecule has 2 aliphatic heterocycles. The molecule has 0 aromatic carbocycles. The van der Waals surface area contributed by atoms with Crippen LogP contribution in [0, 0.1) is 0 Å². The van der Waals surface area contributed by atoms with Gasteiger partial charge in [0.15, 0.2) is 0 Å². The Morgan fingerprint density at radius 1 is 1.38 bits per heavy atom. The van der Waals surface area contributed by atoms with Crippen molar-refractivity contribution < 1.29 is 0 Å². The summed E-state index contributed by atoms with van der Waals surface area (Å²) in [4.78, 5) is 7.15. The predicted octanol–water partition coefficient (Wildman–Crippen LogP) is 1.51. The zero-order valence-corrected chi connectivity index (χ0v) is 9.95. The van der Waals surface area contributed by atoms with Crippen LogP contribution >= 0.6 is 0 Å². The number of fused-ring (bicyclic) bond motifs is 1. The minimum atomic E-state index is 0.638. The summed E-state index contributed by atoms with van der Waals surface area (Å²) in [7, 11) is 2.21. The summed E-state index contributed by atoms with van der Waals surface area (Å²) >= 11 is 0. The minimum absolute atomic E-state index is 0.638. The first-order valence-corrected chi connectivity index (χ1v) is 6.32. The maximum atomic E-state index is 4.73. The Kier molecular flexibility index (Phi) is 2.59. The molecule has 0 radical (unpaired) electrons. The first kappa shape index (κ1) is 10.1. The second-order valence-electron chi connectivity index (χ2n) is 5.06. The number of aromatic nitrogens is 2. The third-order valence-electron chi connectivity index (χ3n) is 3.70. The highest BCUT2D eigenvalue weighted by molar-refractivity contribution is 5.32. The minimum Gasteiger partial charge on any atom is -0.356 e. The van der Waals surface area contributed by atoms with Gasteiger partial charge in [-0.1, -0.05) is 0 Å². The molecule has 1 aromatic rings. The zero-order valence-electron chi connectivity index (χ0n) is 9.95. The van der Waals surface area contributed by atoms with Crippen molar-refractivity contribution in [2.24, 2.45) is 0 Å². The zero-order chi connectivity index (χ0) is 11.0. The number of anilines is 1. The predicted molar refractivity (Wildman–Crippen MR) is 64.8 cm³/mol. The van der Waals surface area contributed by atoms with E-state index in [9.17, 15) is 0 Å². The fourth-order valence-corrected chi connectivity index (χ4v) is 2.80. The van der Waals surface area contributed by atoms with Crippen LogP contribution in [0.1, 0.15) is 30.9 Å². The van der Waals surface area contributed by atoms with E-state index < -0.39 is 0 Å². The van der Waals surface area contributed by atoms with Crippen LogP contribution in [0.5, 0.6) is 0 Å². The van der Waals surface area contributed by atoms with E-state index in [2.05, 4.69) is 28.0 Å². The Bertz CT molecular complexity index is 348. The van der Waals surface area contributed by atoms with Crippen LogP contribution in [0.25, 0.3) is 0 Å². The van der Waals surface area contributed by atoms with Crippen molar-refractivity contribution in [3.05, 3.63) is 11.9 Å². The van der Waals surface area contributed by atoms with Gasteiger partial charge in [0, 0.05) is 31.7 Å². The molecule has 3 heterocycles. The maximum Gasteiger partial charge on any atom is 0.203 e. The van der Waals surface area contributed by atoms with Crippen molar-refractivity contribution in [2.75, 3.05) is 32.0 Å². The summed E-state index contributed by atoms with van der Waals surface area (Å²) in [5.74, 6) is 1.72. The third-order valence-corrected chi connectivity index (χ3v) is 3.70. The number of piperidine rings is 1. The van der Waals surface area contributed by atoms with Gasteiger partial charge in [0.05, 0.1) is 5.69 Å². The average molecular weight is 220 g/mol. The molecule has 2 aliphatic rings. The van der Waals surface area contributed by atoms with Gasteiger partial charge in [-0.2, -0.15) is 0 Å². The van der Waals surface area contributed by atoms with Crippen LogP contribution < -0.4 is 5.32 Å². The normalized spacial score (nSPS) is 26.2. The van der Waals surface area contributed by atoms with Gasteiger partial charge in [-0.3, -0.25) is 0 Å². The van der Waals surface area contributed by atoms with Gasteiger partial charge >= 0.3 is 0 Å². The summed E-state index contributed by atoms with van der Waals surface area (Å²) < 4.78 is 2.27. The van der Waals surface area contributed by atoms with Crippen LogP contribution in [-0.4, -0.2) is 41.1 Å². The van der Waals surface area contributed by atoms with Crippen molar-refractivity contribution in [3.63, 3.8) is 0 Å². The van der Waals surface area contributed by atoms with E-state index in [0.29, 0.717) is 5.92 Å². The molecule has 0 spiro atoms. The molecule has 1 saturated heterocycles. The lowest BCUT2D eigenvalue weighted by molar-refractivity contribution is 0.248. The van der Waals surface area contributed by atoms with Gasteiger partial charge in [0.1, 0.15) is 0 Å². The largest absolute Gasteiger partial charge is 0.356 e. The Morgan fingerprint density at radius 2 is 2.31 bits per heavy atom. The number of nitrogens with zero attached hydrogens (tertiary/aromatic N) is 3. The number of rotatable bonds is 1. The lowest BCUT2D eigenvalue weighted by atomic mass is 9.96. The molecule has 3 rings (SSSR count). The molecule has 0 bridgehead atoms. The van der Waals surface area contributed by atoms with Gasteiger partial charge in [-0.05, 0) is 32.9 Å². The van der Waals surface area contributed by atoms with Crippen molar-refractivity contribution in [1.29, 1.82) is 0 Å². The highest BCUT2D eigenvalue weighted by Crippen LogP contribution is 2.27. The average Bonchev–Trinajstić information content (AvgIpc) is 2.72. The molecule has 1 unspecified atom stereocenters. The summed E-state index contributed by atoms with van der Waals surface area (Å²) in [5.41, 5.74) is 1.29. The first-order valence-electron chi connectivity index (χ1n) is 6.32. The second kappa shape index (κ2) is 4.09. The Balaban J connectivity index is 1.80. The molecule has 0 aliphatic carbocycles. The van der Waals surface area contributed by atoms with E-state index in [4.69, 9.17) is 4.98 Å². The van der Waals surface area contributed by atoms with E-state index in [1.165, 1.54) is 31.5 Å². The molecule has 1 N–H and O–H groups in total. The first-order chi connectivity index (χ1) is 7.83. The number of nitrogens with one attached hydrogen (secondary N) is 1. The maximum absolute atomic E-state index is 4.73. The van der Waals surface area contributed by atoms with Crippen molar-refractivity contribution in [3.8, 4) is 0 Å². The lowest BCUT2D eigenvalue weighted by Crippen LogP contribution is -2.30. The van der Waals surface area contributed by atoms with E-state index in [0.717, 1.165) is 25.6 Å². The standard InChI is InChI=1S/C12H20N4/c1-15-6-2-4-10(8-15)11-9-16-7-3-5-13-12(16)14-11/h9-10H,2-8H2,1H3,(H,13,14). The molecule has 1 aromatic heterocycles. The van der Waals surface area contributed by atoms with Crippen LogP contribution in [-0.2, 0) is 6.54 Å². The van der Waals surface area contributed by atoms with Crippen LogP contribution in [0.2, 0.25) is 0 Å². The van der Waals surface area contributed by atoms with E-state index in [1.54, 1.807) is 0 Å². The number of likely N-dealkylation sites (tertiary alicyclic amines) is 1. The Morgan fingerprint density at radius 3 is 3.12 bits per heavy atom. The van der Waals surface area contributed by atoms with Crippen LogP contribution in [0.4, 0.5) is 5.95 Å². The Hall–Kier alpha value is -1.03. The molecule has 4 heteroatoms. The smallest absolute Gasteiger partial charge is 0.203 e. The molecule has 0 amide bonds. The van der Waals surface area contributed by atoms with Gasteiger partial charge in [0.25, 0.3) is 0 Å². The quantitative estimate of drug-likeness (QED) is 0.778. The topological polar surface area (TPSA) is 33.1 Å². The van der Waals surface area contributed by atoms with Crippen LogP contribution in [0.3, 0.4) is 0 Å². The van der Waals surface area contributed by atoms with Gasteiger partial charge in [0.2, 0.25) is 5.95 Å². The Labute approximate surface area is 96.7 Å². The molecule has 16 heavy (non-hydrogen) atoms. The number of aryl methyl sites for hydroxylation is 1. The summed E-state index contributed by atoms with van der Waals surface area (Å²) in [6.07, 6.45) is 6.07. The summed E-state index contributed by atoms with van der Waals surface area (Å²) in [6, 6.07) is 0. The second-order valence-corrected chi connectivity index (χ2v) is 5.06. The molecule has 1 atom stereocenters. The van der Waals surface area contributed by atoms with Crippen LogP contribution in [0.15, 0.2) is 6.20 Å². The highest BCUT2D eigenvalue weighted by atomic mass is 15.2. The number of hydrogen-bond donors (Lipinski definition) is 1. The monoisotopic (exact) mass is 220 g/mol. The fourth-order valence-electron chi connectivity index (χ4n) is 2.80. The number of likely N-dealkylation sites (N-methyl/N-ethyl adjacent to an activating group) is 1. The van der Waals surface area contributed by atoms with Crippen molar-refractivity contribution in [2.45, 2.75) is 31.7 Å². The van der Waals surface area contributed by atoms with Gasteiger partial charge < -0.3 is 14.8 Å². The SMILES string of the molecule is CN1CCCC(c2cn3c(n2)NCCC3)C1. The van der Waals surface area contributed by atoms with E-state index in [1.807, 2.05) is 0 Å². The number of imidazole rings is 1. The van der Waals surface area contributed by atoms with Gasteiger partial charge in [-0.15, -0.1) is 0 Å². The molecule has 88 valence electrons. The van der Waals surface area contributed by atoms with E-state index >= 15 is 0 Å². The van der Waals surface area contributed by atoms with Crippen molar-refractivity contribution in [1.82, 2.24) is 14.5 Å². The molecular formula is C12H20N4. The fraction of sp³-hybridized carbons (Fsp3) is 0.750. The summed E-state index contributed by atoms with van der Waals surface area (Å²) in [5, 5.41) is 3.37. The third kappa shape index (κ3) is 1.82. The van der Waals surface area contributed by atoms with E-state index in [-0.39, 0.29) is 0 Å². The molecule has 4 nitrogen and oxygen atoms in total. The number of hydrogen-bond acceptors (Lipinski definition) is 3. The molecular weight excluding hydrogens is 200 g/mol. The summed E-state index contributed by atoms with van der Waals surface area (Å²) in [6.45, 7) is 4.59. The highest BCUT2D eigenvalue weighted by Gasteiger charge is 2.23.